The predicted molar refractivity (Wildman–Crippen MR) is 65.3 cm³/mol. The predicted octanol–water partition coefficient (Wildman–Crippen LogP) is 2.23. The Bertz CT molecular complexity index is 364. The zero-order valence-electron chi connectivity index (χ0n) is 9.96. The van der Waals surface area contributed by atoms with Crippen LogP contribution in [0.5, 0.6) is 0 Å². The Hall–Kier alpha value is -1.37. The molecule has 3 heteroatoms. The summed E-state index contributed by atoms with van der Waals surface area (Å²) in [5.74, 6) is 5.40. The Morgan fingerprint density at radius 1 is 1.38 bits per heavy atom. The fourth-order valence-electron chi connectivity index (χ4n) is 1.57. The molecule has 0 aliphatic rings. The standard InChI is InChI=1S/C13H19N3/c1-3-4-5-11-6-8-12(9-7-11)13(2,10-14)16-15/h6-9,16H,3-5,15H2,1-2H3. The summed E-state index contributed by atoms with van der Waals surface area (Å²) in [6.45, 7) is 3.95. The lowest BCUT2D eigenvalue weighted by atomic mass is 9.93. The summed E-state index contributed by atoms with van der Waals surface area (Å²) < 4.78 is 0. The van der Waals surface area contributed by atoms with Crippen molar-refractivity contribution in [2.45, 2.75) is 38.6 Å². The molecule has 0 aliphatic carbocycles. The number of nitriles is 1. The molecule has 3 nitrogen and oxygen atoms in total. The smallest absolute Gasteiger partial charge is 0.141 e. The summed E-state index contributed by atoms with van der Waals surface area (Å²) in [7, 11) is 0. The molecule has 1 aromatic carbocycles. The van der Waals surface area contributed by atoms with Crippen molar-refractivity contribution in [2.24, 2.45) is 5.84 Å². The maximum atomic E-state index is 9.06. The number of aryl methyl sites for hydroxylation is 1. The Kier molecular flexibility index (Phi) is 4.48. The molecule has 0 saturated heterocycles. The average Bonchev–Trinajstić information content (AvgIpc) is 2.36. The first kappa shape index (κ1) is 12.7. The Labute approximate surface area is 97.2 Å². The topological polar surface area (TPSA) is 61.8 Å². The molecule has 0 heterocycles. The molecule has 0 bridgehead atoms. The third kappa shape index (κ3) is 2.82. The highest BCUT2D eigenvalue weighted by Gasteiger charge is 2.23. The summed E-state index contributed by atoms with van der Waals surface area (Å²) >= 11 is 0. The third-order valence-electron chi connectivity index (χ3n) is 2.86. The van der Waals surface area contributed by atoms with Crippen molar-refractivity contribution in [3.63, 3.8) is 0 Å². The van der Waals surface area contributed by atoms with Gasteiger partial charge in [-0.25, -0.2) is 5.43 Å². The summed E-state index contributed by atoms with van der Waals surface area (Å²) in [6.07, 6.45) is 3.49. The van der Waals surface area contributed by atoms with Gasteiger partial charge in [-0.3, -0.25) is 5.84 Å². The van der Waals surface area contributed by atoms with E-state index in [-0.39, 0.29) is 0 Å². The zero-order valence-corrected chi connectivity index (χ0v) is 9.96. The van der Waals surface area contributed by atoms with Gasteiger partial charge < -0.3 is 0 Å². The van der Waals surface area contributed by atoms with E-state index < -0.39 is 5.54 Å². The van der Waals surface area contributed by atoms with Crippen molar-refractivity contribution in [1.29, 1.82) is 5.26 Å². The minimum Gasteiger partial charge on any atom is -0.270 e. The molecule has 1 atom stereocenters. The summed E-state index contributed by atoms with van der Waals surface area (Å²) in [5.41, 5.74) is 3.95. The molecule has 1 aromatic rings. The number of hydrogen-bond acceptors (Lipinski definition) is 3. The van der Waals surface area contributed by atoms with Gasteiger partial charge in [-0.2, -0.15) is 5.26 Å². The highest BCUT2D eigenvalue weighted by molar-refractivity contribution is 5.32. The monoisotopic (exact) mass is 217 g/mol. The number of nitrogens with one attached hydrogen (secondary N) is 1. The normalized spacial score (nSPS) is 14.1. The highest BCUT2D eigenvalue weighted by atomic mass is 15.3. The van der Waals surface area contributed by atoms with E-state index in [1.54, 1.807) is 6.92 Å². The average molecular weight is 217 g/mol. The van der Waals surface area contributed by atoms with Gasteiger partial charge in [0.25, 0.3) is 0 Å². The number of nitrogens with two attached hydrogens (primary N) is 1. The van der Waals surface area contributed by atoms with Crippen LogP contribution >= 0.6 is 0 Å². The number of hydrazine groups is 1. The molecule has 3 N–H and O–H groups in total. The van der Waals surface area contributed by atoms with Crippen LogP contribution in [0.25, 0.3) is 0 Å². The second-order valence-electron chi connectivity index (χ2n) is 4.18. The molecule has 0 aliphatic heterocycles. The maximum Gasteiger partial charge on any atom is 0.141 e. The molecule has 0 radical (unpaired) electrons. The van der Waals surface area contributed by atoms with Crippen LogP contribution in [-0.4, -0.2) is 0 Å². The molecule has 1 unspecified atom stereocenters. The largest absolute Gasteiger partial charge is 0.270 e. The molecule has 0 aromatic heterocycles. The maximum absolute atomic E-state index is 9.06. The van der Waals surface area contributed by atoms with Gasteiger partial charge in [-0.15, -0.1) is 0 Å². The number of rotatable bonds is 5. The Morgan fingerprint density at radius 3 is 2.44 bits per heavy atom. The minimum atomic E-state index is -0.802. The van der Waals surface area contributed by atoms with Gasteiger partial charge in [0.05, 0.1) is 6.07 Å². The minimum absolute atomic E-state index is 0.802. The summed E-state index contributed by atoms with van der Waals surface area (Å²) in [4.78, 5) is 0. The molecule has 0 saturated carbocycles. The first-order valence-electron chi connectivity index (χ1n) is 5.64. The summed E-state index contributed by atoms with van der Waals surface area (Å²) in [6, 6.07) is 10.2. The molecule has 1 rings (SSSR count). The molecule has 16 heavy (non-hydrogen) atoms. The van der Waals surface area contributed by atoms with Gasteiger partial charge in [-0.05, 0) is 30.9 Å². The van der Waals surface area contributed by atoms with E-state index in [1.165, 1.54) is 18.4 Å². The van der Waals surface area contributed by atoms with E-state index in [9.17, 15) is 0 Å². The van der Waals surface area contributed by atoms with Crippen molar-refractivity contribution >= 4 is 0 Å². The van der Waals surface area contributed by atoms with Gasteiger partial charge in [0, 0.05) is 0 Å². The van der Waals surface area contributed by atoms with Crippen molar-refractivity contribution in [1.82, 2.24) is 5.43 Å². The molecule has 0 spiro atoms. The molecular formula is C13H19N3. The third-order valence-corrected chi connectivity index (χ3v) is 2.86. The van der Waals surface area contributed by atoms with Crippen molar-refractivity contribution in [3.8, 4) is 6.07 Å². The zero-order chi connectivity index (χ0) is 12.0. The fourth-order valence-corrected chi connectivity index (χ4v) is 1.57. The first-order chi connectivity index (χ1) is 7.66. The summed E-state index contributed by atoms with van der Waals surface area (Å²) in [5, 5.41) is 9.06. The Balaban J connectivity index is 2.82. The van der Waals surface area contributed by atoms with Crippen LogP contribution in [0.4, 0.5) is 0 Å². The van der Waals surface area contributed by atoms with Crippen LogP contribution in [-0.2, 0) is 12.0 Å². The van der Waals surface area contributed by atoms with Gasteiger partial charge in [0.2, 0.25) is 0 Å². The van der Waals surface area contributed by atoms with Crippen LogP contribution in [0.2, 0.25) is 0 Å². The molecular weight excluding hydrogens is 198 g/mol. The van der Waals surface area contributed by atoms with E-state index >= 15 is 0 Å². The van der Waals surface area contributed by atoms with Crippen molar-refractivity contribution in [2.75, 3.05) is 0 Å². The van der Waals surface area contributed by atoms with Crippen LogP contribution < -0.4 is 11.3 Å². The van der Waals surface area contributed by atoms with E-state index in [0.717, 1.165) is 12.0 Å². The molecule has 0 amide bonds. The molecule has 0 fully saturated rings. The number of nitrogens with zero attached hydrogens (tertiary/aromatic N) is 1. The van der Waals surface area contributed by atoms with E-state index in [0.29, 0.717) is 0 Å². The van der Waals surface area contributed by atoms with Crippen molar-refractivity contribution in [3.05, 3.63) is 35.4 Å². The Morgan fingerprint density at radius 2 is 2.00 bits per heavy atom. The van der Waals surface area contributed by atoms with Gasteiger partial charge in [0.1, 0.15) is 5.54 Å². The highest BCUT2D eigenvalue weighted by Crippen LogP contribution is 2.19. The lowest BCUT2D eigenvalue weighted by Crippen LogP contribution is -2.42. The van der Waals surface area contributed by atoms with Crippen LogP contribution in [0.15, 0.2) is 24.3 Å². The van der Waals surface area contributed by atoms with E-state index in [2.05, 4.69) is 30.6 Å². The SMILES string of the molecule is CCCCc1ccc(C(C)(C#N)NN)cc1. The van der Waals surface area contributed by atoms with Gasteiger partial charge in [0.15, 0.2) is 0 Å². The second-order valence-corrected chi connectivity index (χ2v) is 4.18. The van der Waals surface area contributed by atoms with Crippen molar-refractivity contribution < 1.29 is 0 Å². The quantitative estimate of drug-likeness (QED) is 0.587. The molecule has 86 valence electrons. The van der Waals surface area contributed by atoms with E-state index in [1.807, 2.05) is 12.1 Å². The lowest BCUT2D eigenvalue weighted by Gasteiger charge is -2.20. The first-order valence-corrected chi connectivity index (χ1v) is 5.64. The van der Waals surface area contributed by atoms with Crippen LogP contribution in [0.3, 0.4) is 0 Å². The lowest BCUT2D eigenvalue weighted by molar-refractivity contribution is 0.482. The number of unbranched alkanes of at least 4 members (excludes halogenated alkanes) is 1. The number of hydrogen-bond donors (Lipinski definition) is 2. The second kappa shape index (κ2) is 5.64. The van der Waals surface area contributed by atoms with Gasteiger partial charge >= 0.3 is 0 Å². The van der Waals surface area contributed by atoms with E-state index in [4.69, 9.17) is 11.1 Å². The van der Waals surface area contributed by atoms with Gasteiger partial charge in [-0.1, -0.05) is 37.6 Å². The van der Waals surface area contributed by atoms with Crippen LogP contribution in [0.1, 0.15) is 37.8 Å². The number of benzene rings is 1. The fraction of sp³-hybridized carbons (Fsp3) is 0.462. The van der Waals surface area contributed by atoms with Crippen LogP contribution in [0, 0.1) is 11.3 Å².